The van der Waals surface area contributed by atoms with Crippen LogP contribution in [0.1, 0.15) is 18.9 Å². The normalized spacial score (nSPS) is 11.3. The Morgan fingerprint density at radius 3 is 2.33 bits per heavy atom. The van der Waals surface area contributed by atoms with E-state index in [9.17, 15) is 13.2 Å². The van der Waals surface area contributed by atoms with Gasteiger partial charge in [-0.15, -0.1) is 0 Å². The third kappa shape index (κ3) is 4.97. The summed E-state index contributed by atoms with van der Waals surface area (Å²) in [5.74, 6) is -0.132. The average molecular weight is 386 g/mol. The zero-order valence-electron chi connectivity index (χ0n) is 13.1. The number of amides is 1. The number of hydrogen-bond donors (Lipinski definition) is 1. The molecule has 1 amide bonds. The van der Waals surface area contributed by atoms with Crippen molar-refractivity contribution >= 4 is 44.6 Å². The second kappa shape index (κ2) is 8.01. The lowest BCUT2D eigenvalue weighted by Gasteiger charge is -2.08. The van der Waals surface area contributed by atoms with Gasteiger partial charge in [-0.25, -0.2) is 8.42 Å². The van der Waals surface area contributed by atoms with Gasteiger partial charge in [0.25, 0.3) is 0 Å². The van der Waals surface area contributed by atoms with Crippen LogP contribution >= 0.6 is 23.2 Å². The molecule has 0 saturated heterocycles. The number of carbonyl (C=O) groups is 1. The zero-order valence-corrected chi connectivity index (χ0v) is 15.4. The Labute approximate surface area is 151 Å². The molecule has 0 aliphatic heterocycles. The van der Waals surface area contributed by atoms with E-state index in [1.165, 1.54) is 12.1 Å². The van der Waals surface area contributed by atoms with Crippen LogP contribution in [0.15, 0.2) is 47.4 Å². The first-order chi connectivity index (χ1) is 11.3. The highest BCUT2D eigenvalue weighted by Gasteiger charge is 2.11. The molecule has 0 radical (unpaired) electrons. The van der Waals surface area contributed by atoms with Gasteiger partial charge in [-0.3, -0.25) is 4.79 Å². The molecule has 7 heteroatoms. The van der Waals surface area contributed by atoms with Crippen LogP contribution in [0, 0.1) is 0 Å². The molecule has 2 rings (SSSR count). The molecule has 2 aromatic carbocycles. The Kier molecular flexibility index (Phi) is 6.27. The number of aryl methyl sites for hydroxylation is 1. The molecule has 0 spiro atoms. The second-order valence-electron chi connectivity index (χ2n) is 5.21. The fourth-order valence-corrected chi connectivity index (χ4v) is 3.50. The Morgan fingerprint density at radius 1 is 1.08 bits per heavy atom. The maximum Gasteiger partial charge on any atom is 0.224 e. The zero-order chi connectivity index (χ0) is 17.7. The number of nitrogens with one attached hydrogen (secondary N) is 1. The van der Waals surface area contributed by atoms with Crippen LogP contribution in [0.3, 0.4) is 0 Å². The molecule has 0 atom stereocenters. The van der Waals surface area contributed by atoms with E-state index >= 15 is 0 Å². The SMILES string of the molecule is CCS(=O)(=O)c1ccc(NC(=O)CCc2ccc(Cl)cc2Cl)cc1. The van der Waals surface area contributed by atoms with E-state index in [0.717, 1.165) is 5.56 Å². The van der Waals surface area contributed by atoms with Crippen LogP contribution in [-0.2, 0) is 21.1 Å². The molecular formula is C17H17Cl2NO3S. The van der Waals surface area contributed by atoms with E-state index in [-0.39, 0.29) is 23.0 Å². The Hall–Kier alpha value is -1.56. The van der Waals surface area contributed by atoms with Gasteiger partial charge in [-0.05, 0) is 48.4 Å². The van der Waals surface area contributed by atoms with Gasteiger partial charge in [0.2, 0.25) is 5.91 Å². The number of benzene rings is 2. The first-order valence-electron chi connectivity index (χ1n) is 7.38. The first kappa shape index (κ1) is 18.8. The molecule has 0 heterocycles. The van der Waals surface area contributed by atoms with Gasteiger partial charge < -0.3 is 5.32 Å². The molecule has 1 N–H and O–H groups in total. The van der Waals surface area contributed by atoms with Gasteiger partial charge in [-0.1, -0.05) is 36.2 Å². The fourth-order valence-electron chi connectivity index (χ4n) is 2.11. The highest BCUT2D eigenvalue weighted by atomic mass is 35.5. The number of halogens is 2. The van der Waals surface area contributed by atoms with E-state index in [4.69, 9.17) is 23.2 Å². The van der Waals surface area contributed by atoms with E-state index in [1.807, 2.05) is 0 Å². The van der Waals surface area contributed by atoms with Gasteiger partial charge in [-0.2, -0.15) is 0 Å². The summed E-state index contributed by atoms with van der Waals surface area (Å²) in [6, 6.07) is 11.3. The van der Waals surface area contributed by atoms with E-state index in [0.29, 0.717) is 22.2 Å². The number of anilines is 1. The van der Waals surface area contributed by atoms with Crippen molar-refractivity contribution in [2.75, 3.05) is 11.1 Å². The summed E-state index contributed by atoms with van der Waals surface area (Å²) in [6.07, 6.45) is 0.750. The van der Waals surface area contributed by atoms with Gasteiger partial charge in [0, 0.05) is 22.2 Å². The predicted molar refractivity (Wildman–Crippen MR) is 97.6 cm³/mol. The third-order valence-electron chi connectivity index (χ3n) is 3.51. The van der Waals surface area contributed by atoms with Gasteiger partial charge in [0.15, 0.2) is 9.84 Å². The van der Waals surface area contributed by atoms with E-state index < -0.39 is 9.84 Å². The minimum atomic E-state index is -3.24. The van der Waals surface area contributed by atoms with Crippen LogP contribution in [0.2, 0.25) is 10.0 Å². The minimum Gasteiger partial charge on any atom is -0.326 e. The van der Waals surface area contributed by atoms with Crippen molar-refractivity contribution in [1.29, 1.82) is 0 Å². The molecular weight excluding hydrogens is 369 g/mol. The summed E-state index contributed by atoms with van der Waals surface area (Å²) in [4.78, 5) is 12.2. The smallest absolute Gasteiger partial charge is 0.224 e. The van der Waals surface area contributed by atoms with E-state index in [1.54, 1.807) is 37.3 Å². The highest BCUT2D eigenvalue weighted by molar-refractivity contribution is 7.91. The fraction of sp³-hybridized carbons (Fsp3) is 0.235. The Bertz CT molecular complexity index is 833. The van der Waals surface area contributed by atoms with Crippen LogP contribution in [0.5, 0.6) is 0 Å². The lowest BCUT2D eigenvalue weighted by molar-refractivity contribution is -0.116. The lowest BCUT2D eigenvalue weighted by Crippen LogP contribution is -2.12. The monoisotopic (exact) mass is 385 g/mol. The molecule has 128 valence electrons. The highest BCUT2D eigenvalue weighted by Crippen LogP contribution is 2.22. The Morgan fingerprint density at radius 2 is 1.75 bits per heavy atom. The van der Waals surface area contributed by atoms with Crippen molar-refractivity contribution in [3.05, 3.63) is 58.1 Å². The number of sulfone groups is 1. The van der Waals surface area contributed by atoms with Gasteiger partial charge in [0.05, 0.1) is 10.6 Å². The summed E-state index contributed by atoms with van der Waals surface area (Å²) in [7, 11) is -3.24. The van der Waals surface area contributed by atoms with Crippen LogP contribution in [0.4, 0.5) is 5.69 Å². The summed E-state index contributed by atoms with van der Waals surface area (Å²) < 4.78 is 23.5. The quantitative estimate of drug-likeness (QED) is 0.803. The molecule has 0 aromatic heterocycles. The summed E-state index contributed by atoms with van der Waals surface area (Å²) in [6.45, 7) is 1.59. The Balaban J connectivity index is 1.95. The van der Waals surface area contributed by atoms with Crippen molar-refractivity contribution < 1.29 is 13.2 Å². The molecule has 0 fully saturated rings. The van der Waals surface area contributed by atoms with Gasteiger partial charge >= 0.3 is 0 Å². The first-order valence-corrected chi connectivity index (χ1v) is 9.79. The number of hydrogen-bond acceptors (Lipinski definition) is 3. The molecule has 0 aliphatic carbocycles. The summed E-state index contributed by atoms with van der Waals surface area (Å²) >= 11 is 11.9. The van der Waals surface area contributed by atoms with Crippen LogP contribution < -0.4 is 5.32 Å². The van der Waals surface area contributed by atoms with Crippen molar-refractivity contribution in [1.82, 2.24) is 0 Å². The average Bonchev–Trinajstić information content (AvgIpc) is 2.54. The summed E-state index contributed by atoms with van der Waals surface area (Å²) in [5, 5.41) is 3.82. The maximum absolute atomic E-state index is 12.0. The molecule has 0 bridgehead atoms. The standard InChI is InChI=1S/C17H17Cl2NO3S/c1-2-24(22,23)15-8-6-14(7-9-15)20-17(21)10-4-12-3-5-13(18)11-16(12)19/h3,5-9,11H,2,4,10H2,1H3,(H,20,21). The molecule has 24 heavy (non-hydrogen) atoms. The molecule has 0 unspecified atom stereocenters. The molecule has 4 nitrogen and oxygen atoms in total. The third-order valence-corrected chi connectivity index (χ3v) is 5.85. The maximum atomic E-state index is 12.0. The van der Waals surface area contributed by atoms with Crippen molar-refractivity contribution in [2.45, 2.75) is 24.7 Å². The van der Waals surface area contributed by atoms with E-state index in [2.05, 4.69) is 5.32 Å². The number of carbonyl (C=O) groups excluding carboxylic acids is 1. The predicted octanol–water partition coefficient (Wildman–Crippen LogP) is 4.36. The second-order valence-corrected chi connectivity index (χ2v) is 8.33. The van der Waals surface area contributed by atoms with Gasteiger partial charge in [0.1, 0.15) is 0 Å². The van der Waals surface area contributed by atoms with Crippen LogP contribution in [0.25, 0.3) is 0 Å². The molecule has 2 aromatic rings. The van der Waals surface area contributed by atoms with Crippen LogP contribution in [-0.4, -0.2) is 20.1 Å². The minimum absolute atomic E-state index is 0.0422. The molecule has 0 saturated carbocycles. The van der Waals surface area contributed by atoms with Crippen molar-refractivity contribution in [2.24, 2.45) is 0 Å². The number of rotatable bonds is 6. The topological polar surface area (TPSA) is 63.2 Å². The van der Waals surface area contributed by atoms with Crippen molar-refractivity contribution in [3.63, 3.8) is 0 Å². The lowest BCUT2D eigenvalue weighted by atomic mass is 10.1. The molecule has 0 aliphatic rings. The summed E-state index contributed by atoms with van der Waals surface area (Å²) in [5.41, 5.74) is 1.40. The largest absolute Gasteiger partial charge is 0.326 e. The van der Waals surface area contributed by atoms with Crippen molar-refractivity contribution in [3.8, 4) is 0 Å².